The Bertz CT molecular complexity index is 829. The Morgan fingerprint density at radius 3 is 2.24 bits per heavy atom. The van der Waals surface area contributed by atoms with E-state index in [-0.39, 0.29) is 5.56 Å². The third-order valence-electron chi connectivity index (χ3n) is 3.45. The molecule has 0 fully saturated rings. The van der Waals surface area contributed by atoms with Crippen molar-refractivity contribution in [1.29, 1.82) is 0 Å². The monoisotopic (exact) mass is 376 g/mol. The van der Waals surface area contributed by atoms with Crippen LogP contribution in [0, 0.1) is 12.7 Å². The van der Waals surface area contributed by atoms with Crippen LogP contribution in [-0.4, -0.2) is 25.4 Å². The predicted molar refractivity (Wildman–Crippen MR) is 85.6 cm³/mol. The van der Waals surface area contributed by atoms with Crippen LogP contribution >= 0.6 is 0 Å². The molecule has 0 aliphatic heterocycles. The minimum Gasteiger partial charge on any atom is -0.396 e. The summed E-state index contributed by atoms with van der Waals surface area (Å²) in [7, 11) is -4.53. The molecule has 0 saturated carbocycles. The summed E-state index contributed by atoms with van der Waals surface area (Å²) >= 11 is 0. The maximum Gasteiger partial charge on any atom is 0.402 e. The van der Waals surface area contributed by atoms with Crippen LogP contribution in [0.5, 0.6) is 0 Å². The van der Waals surface area contributed by atoms with Crippen LogP contribution in [0.25, 0.3) is 0 Å². The molecular formula is C16H16F4N2O2S. The second-order valence-corrected chi connectivity index (χ2v) is 7.46. The molecule has 2 aromatic rings. The number of benzene rings is 2. The number of aryl methyl sites for hydroxylation is 1. The zero-order valence-electron chi connectivity index (χ0n) is 13.2. The summed E-state index contributed by atoms with van der Waals surface area (Å²) in [5, 5.41) is 0. The molecule has 0 aromatic heterocycles. The fourth-order valence-electron chi connectivity index (χ4n) is 2.27. The third-order valence-corrected chi connectivity index (χ3v) is 5.22. The van der Waals surface area contributed by atoms with Crippen molar-refractivity contribution < 1.29 is 26.0 Å². The van der Waals surface area contributed by atoms with Crippen LogP contribution in [0.15, 0.2) is 47.4 Å². The standard InChI is InChI=1S/C16H16F4N2O2S/c1-11-7-13(8-14(21)15(11)17)25(23,24)22(10-16(18,19)20)9-12-5-3-2-4-6-12/h2-8H,9-10,21H2,1H3. The first-order chi connectivity index (χ1) is 11.5. The molecule has 9 heteroatoms. The average Bonchev–Trinajstić information content (AvgIpc) is 2.51. The number of nitrogen functional groups attached to an aromatic ring is 1. The van der Waals surface area contributed by atoms with E-state index in [1.165, 1.54) is 19.1 Å². The molecule has 0 saturated heterocycles. The summed E-state index contributed by atoms with van der Waals surface area (Å²) < 4.78 is 77.9. The Hall–Kier alpha value is -2.13. The number of alkyl halides is 3. The number of hydrogen-bond donors (Lipinski definition) is 1. The Morgan fingerprint density at radius 1 is 1.12 bits per heavy atom. The number of nitrogens with two attached hydrogens (primary N) is 1. The molecule has 0 unspecified atom stereocenters. The highest BCUT2D eigenvalue weighted by Crippen LogP contribution is 2.27. The minimum atomic E-state index is -4.73. The molecule has 0 amide bonds. The second kappa shape index (κ2) is 7.01. The number of halogens is 4. The van der Waals surface area contributed by atoms with E-state index in [4.69, 9.17) is 5.73 Å². The topological polar surface area (TPSA) is 63.4 Å². The normalized spacial score (nSPS) is 12.6. The molecule has 4 nitrogen and oxygen atoms in total. The van der Waals surface area contributed by atoms with Gasteiger partial charge in [-0.2, -0.15) is 17.5 Å². The van der Waals surface area contributed by atoms with Crippen molar-refractivity contribution in [3.63, 3.8) is 0 Å². The second-order valence-electron chi connectivity index (χ2n) is 5.52. The largest absolute Gasteiger partial charge is 0.402 e. The molecule has 0 heterocycles. The lowest BCUT2D eigenvalue weighted by Crippen LogP contribution is -2.38. The van der Waals surface area contributed by atoms with Crippen LogP contribution in [0.3, 0.4) is 0 Å². The summed E-state index contributed by atoms with van der Waals surface area (Å²) in [5.41, 5.74) is 5.30. The molecule has 2 aromatic carbocycles. The van der Waals surface area contributed by atoms with Gasteiger partial charge >= 0.3 is 6.18 Å². The lowest BCUT2D eigenvalue weighted by molar-refractivity contribution is -0.136. The highest BCUT2D eigenvalue weighted by atomic mass is 32.2. The minimum absolute atomic E-state index is 0.0646. The van der Waals surface area contributed by atoms with Gasteiger partial charge in [0.05, 0.1) is 10.6 Å². The van der Waals surface area contributed by atoms with Gasteiger partial charge < -0.3 is 5.73 Å². The van der Waals surface area contributed by atoms with E-state index in [2.05, 4.69) is 0 Å². The van der Waals surface area contributed by atoms with E-state index in [1.807, 2.05) is 0 Å². The quantitative estimate of drug-likeness (QED) is 0.642. The molecule has 0 aliphatic carbocycles. The smallest absolute Gasteiger partial charge is 0.396 e. The molecule has 2 N–H and O–H groups in total. The van der Waals surface area contributed by atoms with E-state index in [0.29, 0.717) is 9.87 Å². The van der Waals surface area contributed by atoms with Crippen LogP contribution in [0.4, 0.5) is 23.2 Å². The van der Waals surface area contributed by atoms with Gasteiger partial charge in [0.1, 0.15) is 12.4 Å². The maximum atomic E-state index is 13.6. The summed E-state index contributed by atoms with van der Waals surface area (Å²) in [6.07, 6.45) is -4.73. The zero-order valence-corrected chi connectivity index (χ0v) is 14.0. The zero-order chi connectivity index (χ0) is 18.8. The van der Waals surface area contributed by atoms with Gasteiger partial charge in [0.15, 0.2) is 0 Å². The van der Waals surface area contributed by atoms with Crippen LogP contribution in [0.1, 0.15) is 11.1 Å². The summed E-state index contributed by atoms with van der Waals surface area (Å²) in [5.74, 6) is -0.801. The highest BCUT2D eigenvalue weighted by Gasteiger charge is 2.37. The predicted octanol–water partition coefficient (Wildman–Crippen LogP) is 3.47. The Labute approximate surface area is 142 Å². The van der Waals surface area contributed by atoms with Gasteiger partial charge in [0, 0.05) is 6.54 Å². The van der Waals surface area contributed by atoms with Gasteiger partial charge in [0.2, 0.25) is 10.0 Å². The van der Waals surface area contributed by atoms with Crippen molar-refractivity contribution in [3.8, 4) is 0 Å². The molecular weight excluding hydrogens is 360 g/mol. The molecule has 0 atom stereocenters. The molecule has 0 aliphatic rings. The number of rotatable bonds is 5. The highest BCUT2D eigenvalue weighted by molar-refractivity contribution is 7.89. The lowest BCUT2D eigenvalue weighted by atomic mass is 10.2. The SMILES string of the molecule is Cc1cc(S(=O)(=O)N(Cc2ccccc2)CC(F)(F)F)cc(N)c1F. The van der Waals surface area contributed by atoms with Crippen LogP contribution in [0.2, 0.25) is 0 Å². The van der Waals surface area contributed by atoms with E-state index in [9.17, 15) is 26.0 Å². The van der Waals surface area contributed by atoms with Gasteiger partial charge in [0.25, 0.3) is 0 Å². The average molecular weight is 376 g/mol. The van der Waals surface area contributed by atoms with Gasteiger partial charge in [-0.25, -0.2) is 12.8 Å². The van der Waals surface area contributed by atoms with E-state index < -0.39 is 45.7 Å². The lowest BCUT2D eigenvalue weighted by Gasteiger charge is -2.24. The molecule has 25 heavy (non-hydrogen) atoms. The first kappa shape index (κ1) is 19.2. The fraction of sp³-hybridized carbons (Fsp3) is 0.250. The number of anilines is 1. The maximum absolute atomic E-state index is 13.6. The van der Waals surface area contributed by atoms with Crippen molar-refractivity contribution >= 4 is 15.7 Å². The van der Waals surface area contributed by atoms with Crippen molar-refractivity contribution in [2.75, 3.05) is 12.3 Å². The van der Waals surface area contributed by atoms with Gasteiger partial charge in [-0.05, 0) is 30.2 Å². The van der Waals surface area contributed by atoms with Crippen LogP contribution in [-0.2, 0) is 16.6 Å². The first-order valence-electron chi connectivity index (χ1n) is 7.17. The molecule has 136 valence electrons. The van der Waals surface area contributed by atoms with E-state index >= 15 is 0 Å². The Morgan fingerprint density at radius 2 is 1.72 bits per heavy atom. The molecule has 0 spiro atoms. The number of sulfonamides is 1. The molecule has 0 radical (unpaired) electrons. The van der Waals surface area contributed by atoms with Crippen molar-refractivity contribution in [2.45, 2.75) is 24.5 Å². The first-order valence-corrected chi connectivity index (χ1v) is 8.61. The van der Waals surface area contributed by atoms with Gasteiger partial charge in [-0.15, -0.1) is 0 Å². The van der Waals surface area contributed by atoms with E-state index in [0.717, 1.165) is 12.1 Å². The molecule has 2 rings (SSSR count). The van der Waals surface area contributed by atoms with Crippen LogP contribution < -0.4 is 5.73 Å². The van der Waals surface area contributed by atoms with Crippen molar-refractivity contribution in [1.82, 2.24) is 4.31 Å². The molecule has 0 bridgehead atoms. The third kappa shape index (κ3) is 4.70. The summed E-state index contributed by atoms with van der Waals surface area (Å²) in [6, 6.07) is 9.67. The summed E-state index contributed by atoms with van der Waals surface area (Å²) in [6.45, 7) is -0.852. The Balaban J connectivity index is 2.47. The van der Waals surface area contributed by atoms with Crippen molar-refractivity contribution in [3.05, 3.63) is 59.4 Å². The number of nitrogens with zero attached hydrogens (tertiary/aromatic N) is 1. The Kier molecular flexibility index (Phi) is 5.38. The van der Waals surface area contributed by atoms with Crippen molar-refractivity contribution in [2.24, 2.45) is 0 Å². The number of hydrogen-bond acceptors (Lipinski definition) is 3. The van der Waals surface area contributed by atoms with Gasteiger partial charge in [-0.1, -0.05) is 30.3 Å². The summed E-state index contributed by atoms with van der Waals surface area (Å²) in [4.78, 5) is -0.482. The van der Waals surface area contributed by atoms with E-state index in [1.54, 1.807) is 18.2 Å². The fourth-order valence-corrected chi connectivity index (χ4v) is 3.81. The van der Waals surface area contributed by atoms with Gasteiger partial charge in [-0.3, -0.25) is 0 Å².